The number of rotatable bonds is 6. The van der Waals surface area contributed by atoms with Crippen LogP contribution in [0.2, 0.25) is 0 Å². The van der Waals surface area contributed by atoms with E-state index >= 15 is 0 Å². The number of carbonyl (C=O) groups is 2. The number of hydrogen-bond acceptors (Lipinski definition) is 4. The minimum Gasteiger partial charge on any atom is -0.480 e. The SMILES string of the molecule is CCN(CC(=O)O)C1CCN(C(=O)c2ccc(N3CCCCC3)cc2)CC1. The van der Waals surface area contributed by atoms with Crippen LogP contribution in [-0.2, 0) is 4.79 Å². The summed E-state index contributed by atoms with van der Waals surface area (Å²) in [6.07, 6.45) is 5.46. The second-order valence-electron chi connectivity index (χ2n) is 7.57. The van der Waals surface area contributed by atoms with Crippen molar-refractivity contribution in [2.24, 2.45) is 0 Å². The molecular weight excluding hydrogens is 342 g/mol. The van der Waals surface area contributed by atoms with Gasteiger partial charge in [0.2, 0.25) is 0 Å². The standard InChI is InChI=1S/C21H31N3O3/c1-2-22(16-20(25)26)19-10-14-24(15-11-19)21(27)17-6-8-18(9-7-17)23-12-4-3-5-13-23/h6-9,19H,2-5,10-16H2,1H3,(H,25,26). The van der Waals surface area contributed by atoms with Crippen molar-refractivity contribution in [3.8, 4) is 0 Å². The van der Waals surface area contributed by atoms with Crippen LogP contribution in [-0.4, -0.2) is 72.1 Å². The Balaban J connectivity index is 1.55. The van der Waals surface area contributed by atoms with Gasteiger partial charge in [-0.2, -0.15) is 0 Å². The third-order valence-electron chi connectivity index (χ3n) is 5.85. The number of carboxylic acid groups (broad SMARTS) is 1. The zero-order valence-electron chi connectivity index (χ0n) is 16.3. The first-order valence-corrected chi connectivity index (χ1v) is 10.2. The zero-order valence-corrected chi connectivity index (χ0v) is 16.3. The maximum Gasteiger partial charge on any atom is 0.317 e. The molecule has 148 valence electrons. The first kappa shape index (κ1) is 19.7. The maximum atomic E-state index is 12.8. The number of benzene rings is 1. The number of likely N-dealkylation sites (tertiary alicyclic amines) is 1. The summed E-state index contributed by atoms with van der Waals surface area (Å²) in [6, 6.07) is 8.27. The van der Waals surface area contributed by atoms with Gasteiger partial charge in [0.25, 0.3) is 5.91 Å². The number of amides is 1. The summed E-state index contributed by atoms with van der Waals surface area (Å²) < 4.78 is 0. The molecule has 1 aromatic carbocycles. The zero-order chi connectivity index (χ0) is 19.2. The largest absolute Gasteiger partial charge is 0.480 e. The average molecular weight is 373 g/mol. The van der Waals surface area contributed by atoms with Gasteiger partial charge in [0, 0.05) is 43.5 Å². The Kier molecular flexibility index (Phi) is 6.72. The van der Waals surface area contributed by atoms with E-state index in [0.717, 1.165) is 38.0 Å². The molecule has 3 rings (SSSR count). The van der Waals surface area contributed by atoms with E-state index < -0.39 is 5.97 Å². The monoisotopic (exact) mass is 373 g/mol. The highest BCUT2D eigenvalue weighted by Gasteiger charge is 2.27. The van der Waals surface area contributed by atoms with Crippen LogP contribution < -0.4 is 4.90 Å². The minimum absolute atomic E-state index is 0.0765. The molecule has 1 amide bonds. The Labute approximate surface area is 161 Å². The molecule has 6 heteroatoms. The molecule has 1 aromatic rings. The molecule has 0 aliphatic carbocycles. The number of carbonyl (C=O) groups excluding carboxylic acids is 1. The molecule has 27 heavy (non-hydrogen) atoms. The molecule has 2 saturated heterocycles. The highest BCUT2D eigenvalue weighted by Crippen LogP contribution is 2.22. The summed E-state index contributed by atoms with van der Waals surface area (Å²) in [7, 11) is 0. The fourth-order valence-corrected chi connectivity index (χ4v) is 4.26. The summed E-state index contributed by atoms with van der Waals surface area (Å²) in [5.41, 5.74) is 1.95. The summed E-state index contributed by atoms with van der Waals surface area (Å²) in [4.78, 5) is 30.1. The highest BCUT2D eigenvalue weighted by molar-refractivity contribution is 5.94. The Bertz CT molecular complexity index is 633. The first-order valence-electron chi connectivity index (χ1n) is 10.2. The van der Waals surface area contributed by atoms with Gasteiger partial charge in [0.1, 0.15) is 0 Å². The fraction of sp³-hybridized carbons (Fsp3) is 0.619. The third-order valence-corrected chi connectivity index (χ3v) is 5.85. The van der Waals surface area contributed by atoms with Crippen LogP contribution in [0.3, 0.4) is 0 Å². The molecule has 0 radical (unpaired) electrons. The molecule has 0 bridgehead atoms. The highest BCUT2D eigenvalue weighted by atomic mass is 16.4. The van der Waals surface area contributed by atoms with Gasteiger partial charge in [-0.3, -0.25) is 14.5 Å². The van der Waals surface area contributed by atoms with Crippen LogP contribution in [0.15, 0.2) is 24.3 Å². The van der Waals surface area contributed by atoms with E-state index in [-0.39, 0.29) is 18.5 Å². The Morgan fingerprint density at radius 2 is 1.67 bits per heavy atom. The fourth-order valence-electron chi connectivity index (χ4n) is 4.26. The third kappa shape index (κ3) is 5.01. The second kappa shape index (κ2) is 9.22. The van der Waals surface area contributed by atoms with Gasteiger partial charge in [-0.1, -0.05) is 6.92 Å². The van der Waals surface area contributed by atoms with Gasteiger partial charge in [0.15, 0.2) is 0 Å². The van der Waals surface area contributed by atoms with E-state index in [9.17, 15) is 9.59 Å². The minimum atomic E-state index is -0.788. The van der Waals surface area contributed by atoms with Gasteiger partial charge in [-0.05, 0) is 62.9 Å². The molecule has 2 heterocycles. The molecular formula is C21H31N3O3. The van der Waals surface area contributed by atoms with E-state index in [1.807, 2.05) is 28.9 Å². The summed E-state index contributed by atoms with van der Waals surface area (Å²) >= 11 is 0. The number of piperidine rings is 2. The molecule has 2 aliphatic heterocycles. The Hall–Kier alpha value is -2.08. The van der Waals surface area contributed by atoms with Crippen molar-refractivity contribution in [2.45, 2.75) is 45.1 Å². The van der Waals surface area contributed by atoms with Gasteiger partial charge in [0.05, 0.1) is 6.54 Å². The molecule has 6 nitrogen and oxygen atoms in total. The lowest BCUT2D eigenvalue weighted by atomic mass is 10.0. The van der Waals surface area contributed by atoms with Crippen molar-refractivity contribution in [1.29, 1.82) is 0 Å². The molecule has 0 saturated carbocycles. The number of anilines is 1. The Morgan fingerprint density at radius 3 is 2.22 bits per heavy atom. The van der Waals surface area contributed by atoms with Gasteiger partial charge >= 0.3 is 5.97 Å². The maximum absolute atomic E-state index is 12.8. The summed E-state index contributed by atoms with van der Waals surface area (Å²) in [5, 5.41) is 9.04. The van der Waals surface area contributed by atoms with Crippen LogP contribution in [0.5, 0.6) is 0 Å². The molecule has 0 aromatic heterocycles. The van der Waals surface area contributed by atoms with E-state index in [2.05, 4.69) is 17.0 Å². The van der Waals surface area contributed by atoms with Gasteiger partial charge < -0.3 is 14.9 Å². The smallest absolute Gasteiger partial charge is 0.317 e. The van der Waals surface area contributed by atoms with Crippen LogP contribution in [0.25, 0.3) is 0 Å². The quantitative estimate of drug-likeness (QED) is 0.831. The first-order chi connectivity index (χ1) is 13.1. The van der Waals surface area contributed by atoms with E-state index in [1.54, 1.807) is 0 Å². The van der Waals surface area contributed by atoms with E-state index in [1.165, 1.54) is 24.9 Å². The van der Waals surface area contributed by atoms with Gasteiger partial charge in [-0.25, -0.2) is 0 Å². The van der Waals surface area contributed by atoms with E-state index in [4.69, 9.17) is 5.11 Å². The molecule has 0 atom stereocenters. The lowest BCUT2D eigenvalue weighted by Gasteiger charge is -2.37. The van der Waals surface area contributed by atoms with E-state index in [0.29, 0.717) is 13.1 Å². The number of likely N-dealkylation sites (N-methyl/N-ethyl adjacent to an activating group) is 1. The van der Waals surface area contributed by atoms with Crippen molar-refractivity contribution in [1.82, 2.24) is 9.80 Å². The molecule has 2 aliphatic rings. The lowest BCUT2D eigenvalue weighted by molar-refractivity contribution is -0.139. The number of hydrogen-bond donors (Lipinski definition) is 1. The summed E-state index contributed by atoms with van der Waals surface area (Å²) in [5.74, 6) is -0.705. The predicted octanol–water partition coefficient (Wildman–Crippen LogP) is 2.69. The lowest BCUT2D eigenvalue weighted by Crippen LogP contribution is -2.48. The second-order valence-corrected chi connectivity index (χ2v) is 7.57. The Morgan fingerprint density at radius 1 is 1.04 bits per heavy atom. The summed E-state index contributed by atoms with van der Waals surface area (Å²) in [6.45, 7) is 6.37. The van der Waals surface area contributed by atoms with Crippen molar-refractivity contribution in [3.05, 3.63) is 29.8 Å². The number of aliphatic carboxylic acids is 1. The van der Waals surface area contributed by atoms with Crippen molar-refractivity contribution in [3.63, 3.8) is 0 Å². The normalized spacial score (nSPS) is 18.7. The predicted molar refractivity (Wildman–Crippen MR) is 106 cm³/mol. The number of carboxylic acids is 1. The molecule has 0 unspecified atom stereocenters. The number of nitrogens with zero attached hydrogens (tertiary/aromatic N) is 3. The van der Waals surface area contributed by atoms with Crippen LogP contribution in [0, 0.1) is 0 Å². The molecule has 0 spiro atoms. The van der Waals surface area contributed by atoms with Crippen molar-refractivity contribution < 1.29 is 14.7 Å². The van der Waals surface area contributed by atoms with Crippen LogP contribution in [0.1, 0.15) is 49.4 Å². The topological polar surface area (TPSA) is 64.1 Å². The van der Waals surface area contributed by atoms with Crippen LogP contribution >= 0.6 is 0 Å². The molecule has 2 fully saturated rings. The van der Waals surface area contributed by atoms with Gasteiger partial charge in [-0.15, -0.1) is 0 Å². The molecule has 1 N–H and O–H groups in total. The van der Waals surface area contributed by atoms with Crippen molar-refractivity contribution in [2.75, 3.05) is 44.2 Å². The van der Waals surface area contributed by atoms with Crippen LogP contribution in [0.4, 0.5) is 5.69 Å². The van der Waals surface area contributed by atoms with Crippen molar-refractivity contribution >= 4 is 17.6 Å². The average Bonchev–Trinajstić information content (AvgIpc) is 2.72.